The molecule has 0 fully saturated rings. The molecule has 0 amide bonds. The number of hydrogen-bond acceptors (Lipinski definition) is 0. The summed E-state index contributed by atoms with van der Waals surface area (Å²) in [4.78, 5) is 0. The van der Waals surface area contributed by atoms with Crippen molar-refractivity contribution in [3.05, 3.63) is 163 Å². The maximum absolute atomic E-state index is 3.35. The van der Waals surface area contributed by atoms with Crippen molar-refractivity contribution in [2.45, 2.75) is 41.0 Å². The minimum atomic E-state index is 0. The fourth-order valence-electron chi connectivity index (χ4n) is 5.54. The number of halogens is 2. The molecule has 1 atom stereocenters. The summed E-state index contributed by atoms with van der Waals surface area (Å²) in [6, 6.07) is 47.5. The molecule has 7 rings (SSSR count). The molecule has 47 heavy (non-hydrogen) atoms. The minimum absolute atomic E-state index is 0. The third-order valence-corrected chi connectivity index (χ3v) is 8.97. The first kappa shape index (κ1) is 38.2. The number of fused-ring (bicyclic) bond motifs is 3. The molecule has 1 unspecified atom stereocenters. The first-order chi connectivity index (χ1) is 21.7. The third-order valence-electron chi connectivity index (χ3n) is 8.26. The van der Waals surface area contributed by atoms with Crippen molar-refractivity contribution in [1.29, 1.82) is 0 Å². The van der Waals surface area contributed by atoms with Crippen molar-refractivity contribution in [3.63, 3.8) is 0 Å². The van der Waals surface area contributed by atoms with Crippen LogP contribution in [0.15, 0.2) is 151 Å². The van der Waals surface area contributed by atoms with E-state index in [4.69, 9.17) is 0 Å². The van der Waals surface area contributed by atoms with Crippen LogP contribution in [0, 0.1) is 17.4 Å². The molecule has 0 radical (unpaired) electrons. The quantitative estimate of drug-likeness (QED) is 0.190. The number of allylic oxidation sites excluding steroid dienone is 4. The summed E-state index contributed by atoms with van der Waals surface area (Å²) in [5.41, 5.74) is 8.18. The Bertz CT molecular complexity index is 1830. The van der Waals surface area contributed by atoms with Crippen molar-refractivity contribution in [2.24, 2.45) is 11.3 Å². The number of rotatable bonds is 4. The molecule has 6 aromatic carbocycles. The first-order valence-electron chi connectivity index (χ1n) is 15.9. The van der Waals surface area contributed by atoms with Gasteiger partial charge in [-0.3, -0.25) is 6.08 Å². The molecular weight excluding hydrogens is 691 g/mol. The molecule has 0 aromatic heterocycles. The molecule has 0 saturated heterocycles. The average molecular weight is 733 g/mol. The van der Waals surface area contributed by atoms with Crippen molar-refractivity contribution in [3.8, 4) is 22.3 Å². The van der Waals surface area contributed by atoms with Gasteiger partial charge >= 0.3 is 70.3 Å². The van der Waals surface area contributed by atoms with Gasteiger partial charge in [0.2, 0.25) is 0 Å². The van der Waals surface area contributed by atoms with Crippen molar-refractivity contribution < 1.29 is 49.0 Å². The fraction of sp³-hybridized carbons (Fsp3) is 0.182. The predicted octanol–water partition coefficient (Wildman–Crippen LogP) is 6.19. The van der Waals surface area contributed by atoms with Gasteiger partial charge in [-0.25, -0.2) is 6.08 Å². The zero-order valence-electron chi connectivity index (χ0n) is 27.9. The van der Waals surface area contributed by atoms with E-state index in [0.29, 0.717) is 11.3 Å². The van der Waals surface area contributed by atoms with E-state index in [1.54, 1.807) is 0 Å². The molecule has 0 saturated carbocycles. The summed E-state index contributed by atoms with van der Waals surface area (Å²) < 4.78 is 1.46. The molecule has 6 aromatic rings. The Labute approximate surface area is 309 Å². The Morgan fingerprint density at radius 2 is 1.11 bits per heavy atom. The second kappa shape index (κ2) is 17.8. The zero-order chi connectivity index (χ0) is 31.8. The van der Waals surface area contributed by atoms with E-state index in [0.717, 1.165) is 0 Å². The normalized spacial score (nSPS) is 13.3. The molecule has 0 nitrogen and oxygen atoms in total. The molecule has 1 aliphatic rings. The monoisotopic (exact) mass is 730 g/mol. The molecule has 0 N–H and O–H groups in total. The van der Waals surface area contributed by atoms with Crippen LogP contribution in [-0.4, -0.2) is 3.21 Å². The van der Waals surface area contributed by atoms with E-state index in [1.807, 2.05) is 6.07 Å². The molecule has 0 heterocycles. The maximum atomic E-state index is 3.35. The van der Waals surface area contributed by atoms with Crippen LogP contribution in [0.3, 0.4) is 0 Å². The molecule has 1 aliphatic carbocycles. The van der Waals surface area contributed by atoms with Crippen LogP contribution in [0.4, 0.5) is 0 Å². The second-order valence-corrected chi connectivity index (χ2v) is 14.5. The van der Waals surface area contributed by atoms with E-state index >= 15 is 0 Å². The van der Waals surface area contributed by atoms with E-state index < -0.39 is 0 Å². The molecule has 0 spiro atoms. The average Bonchev–Trinajstić information content (AvgIpc) is 3.71. The van der Waals surface area contributed by atoms with Gasteiger partial charge in [-0.1, -0.05) is 142 Å². The summed E-state index contributed by atoms with van der Waals surface area (Å²) in [6.45, 7) is 11.1. The Balaban J connectivity index is 0.000000228. The molecule has 3 heteroatoms. The maximum Gasteiger partial charge on any atom is -0.0259 e. The van der Waals surface area contributed by atoms with Crippen LogP contribution in [0.1, 0.15) is 46.6 Å². The van der Waals surface area contributed by atoms with Gasteiger partial charge in [0, 0.05) is 0 Å². The second-order valence-electron chi connectivity index (χ2n) is 12.7. The van der Waals surface area contributed by atoms with Crippen LogP contribution in [-0.2, 0) is 24.2 Å². The van der Waals surface area contributed by atoms with Crippen molar-refractivity contribution >= 4 is 24.8 Å². The summed E-state index contributed by atoms with van der Waals surface area (Å²) in [5.74, 6) is 0.573. The number of benzene rings is 5. The van der Waals surface area contributed by atoms with E-state index in [1.165, 1.54) is 88.8 Å². The van der Waals surface area contributed by atoms with Gasteiger partial charge in [0.25, 0.3) is 0 Å². The van der Waals surface area contributed by atoms with Gasteiger partial charge in [0.05, 0.1) is 0 Å². The zero-order valence-corrected chi connectivity index (χ0v) is 31.9. The SMILES string of the molecule is CCC1[C-]=CC(C(C)(C)C)=C1.C[C](=[Zr+2])c1ccccc1.[Cl-].[Cl-].c1ccc(-c2ccc3c(c2)[cH-]c2cc(-c4ccccc4)ccc23)cc1. The van der Waals surface area contributed by atoms with Gasteiger partial charge < -0.3 is 24.8 Å². The van der Waals surface area contributed by atoms with Gasteiger partial charge in [0.1, 0.15) is 0 Å². The summed E-state index contributed by atoms with van der Waals surface area (Å²) >= 11 is 1.51. The smallest absolute Gasteiger partial charge is 0.0259 e. The van der Waals surface area contributed by atoms with Crippen LogP contribution >= 0.6 is 0 Å². The Hall–Kier alpha value is -3.22. The van der Waals surface area contributed by atoms with Crippen molar-refractivity contribution in [2.75, 3.05) is 0 Å². The number of hydrogen-bond donors (Lipinski definition) is 0. The topological polar surface area (TPSA) is 0 Å². The van der Waals surface area contributed by atoms with Gasteiger partial charge in [-0.05, 0) is 11.1 Å². The summed E-state index contributed by atoms with van der Waals surface area (Å²) in [7, 11) is 0. The molecule has 238 valence electrons. The Kier molecular flexibility index (Phi) is 14.5. The Morgan fingerprint density at radius 1 is 0.660 bits per heavy atom. The Morgan fingerprint density at radius 3 is 1.45 bits per heavy atom. The summed E-state index contributed by atoms with van der Waals surface area (Å²) in [6.07, 6.45) is 9.00. The van der Waals surface area contributed by atoms with Gasteiger partial charge in [-0.15, -0.1) is 39.7 Å². The van der Waals surface area contributed by atoms with Gasteiger partial charge in [0.15, 0.2) is 0 Å². The largest absolute Gasteiger partial charge is 1.00 e. The van der Waals surface area contributed by atoms with Crippen molar-refractivity contribution in [1.82, 2.24) is 0 Å². The third kappa shape index (κ3) is 10.1. The standard InChI is InChI=1S/C25H17.C11H17.C8H8.2ClH.Zr/c1-3-7-18(8-4-1)20-11-13-24-22(15-20)17-23-16-21(12-14-25(23)24)19-9-5-2-6-10-19;1-5-9-6-7-10(8-9)11(2,3)4;1-2-8-6-4-3-5-7-8;;;/h1-17H;7-9H,5H2,1-4H3;3-7H,1H3;2*1H;/q2*-1;;;;+2/p-2. The van der Waals surface area contributed by atoms with E-state index in [2.05, 4.69) is 180 Å². The summed E-state index contributed by atoms with van der Waals surface area (Å²) in [5, 5.41) is 5.27. The van der Waals surface area contributed by atoms with Crippen LogP contribution in [0.5, 0.6) is 0 Å². The predicted molar refractivity (Wildman–Crippen MR) is 193 cm³/mol. The molecule has 0 aliphatic heterocycles. The first-order valence-corrected chi connectivity index (χ1v) is 17.1. The van der Waals surface area contributed by atoms with Crippen LogP contribution in [0.2, 0.25) is 0 Å². The van der Waals surface area contributed by atoms with Gasteiger partial charge in [-0.2, -0.15) is 11.6 Å². The minimum Gasteiger partial charge on any atom is -1.00 e. The van der Waals surface area contributed by atoms with Crippen LogP contribution < -0.4 is 24.8 Å². The van der Waals surface area contributed by atoms with E-state index in [-0.39, 0.29) is 24.8 Å². The van der Waals surface area contributed by atoms with E-state index in [9.17, 15) is 0 Å². The molecular formula is C44H42Cl2Zr-2. The fourth-order valence-corrected chi connectivity index (χ4v) is 5.95. The molecule has 0 bridgehead atoms. The van der Waals surface area contributed by atoms with Crippen LogP contribution in [0.25, 0.3) is 43.8 Å².